The monoisotopic (exact) mass is 334 g/mol. The lowest BCUT2D eigenvalue weighted by Gasteiger charge is -2.23. The first-order chi connectivity index (χ1) is 11.2. The summed E-state index contributed by atoms with van der Waals surface area (Å²) < 4.78 is 0. The van der Waals surface area contributed by atoms with Crippen molar-refractivity contribution >= 4 is 11.8 Å². The fourth-order valence-electron chi connectivity index (χ4n) is 2.60. The van der Waals surface area contributed by atoms with Crippen LogP contribution in [0.25, 0.3) is 0 Å². The largest absolute Gasteiger partial charge is 0.393 e. The molecule has 134 valence electrons. The van der Waals surface area contributed by atoms with Crippen molar-refractivity contribution < 1.29 is 14.7 Å². The highest BCUT2D eigenvalue weighted by atomic mass is 16.3. The van der Waals surface area contributed by atoms with Crippen LogP contribution in [0.1, 0.15) is 50.0 Å². The fourth-order valence-corrected chi connectivity index (χ4v) is 2.60. The molecule has 1 aromatic carbocycles. The Hall–Kier alpha value is -1.88. The van der Waals surface area contributed by atoms with Crippen LogP contribution in [0.4, 0.5) is 0 Å². The van der Waals surface area contributed by atoms with Crippen LogP contribution in [0.3, 0.4) is 0 Å². The van der Waals surface area contributed by atoms with Crippen LogP contribution in [-0.2, 0) is 4.79 Å². The maximum Gasteiger partial charge on any atom is 0.251 e. The molecule has 2 amide bonds. The molecule has 0 saturated carbocycles. The summed E-state index contributed by atoms with van der Waals surface area (Å²) in [6.07, 6.45) is 0.237. The molecule has 0 radical (unpaired) electrons. The molecule has 0 aromatic heterocycles. The van der Waals surface area contributed by atoms with Gasteiger partial charge in [0, 0.05) is 12.1 Å². The third kappa shape index (κ3) is 6.71. The smallest absolute Gasteiger partial charge is 0.251 e. The van der Waals surface area contributed by atoms with Gasteiger partial charge < -0.3 is 15.7 Å². The first kappa shape index (κ1) is 20.2. The summed E-state index contributed by atoms with van der Waals surface area (Å²) >= 11 is 0. The Morgan fingerprint density at radius 3 is 2.38 bits per heavy atom. The molecule has 5 nitrogen and oxygen atoms in total. The van der Waals surface area contributed by atoms with E-state index >= 15 is 0 Å². The van der Waals surface area contributed by atoms with Gasteiger partial charge in [-0.25, -0.2) is 0 Å². The minimum atomic E-state index is -0.586. The van der Waals surface area contributed by atoms with E-state index in [4.69, 9.17) is 0 Å². The van der Waals surface area contributed by atoms with Gasteiger partial charge in [-0.05, 0) is 44.2 Å². The number of carbonyl (C=O) groups is 2. The quantitative estimate of drug-likeness (QED) is 0.682. The van der Waals surface area contributed by atoms with Crippen molar-refractivity contribution in [2.45, 2.75) is 53.2 Å². The first-order valence-corrected chi connectivity index (χ1v) is 8.54. The highest BCUT2D eigenvalue weighted by Gasteiger charge is 2.25. The fraction of sp³-hybridized carbons (Fsp3) is 0.579. The Morgan fingerprint density at radius 2 is 1.83 bits per heavy atom. The van der Waals surface area contributed by atoms with E-state index in [0.29, 0.717) is 18.5 Å². The van der Waals surface area contributed by atoms with E-state index < -0.39 is 6.04 Å². The van der Waals surface area contributed by atoms with E-state index in [1.54, 1.807) is 19.1 Å². The van der Waals surface area contributed by atoms with Crippen molar-refractivity contribution in [2.24, 2.45) is 11.8 Å². The van der Waals surface area contributed by atoms with Crippen LogP contribution in [0.5, 0.6) is 0 Å². The number of carbonyl (C=O) groups excluding carboxylic acids is 2. The topological polar surface area (TPSA) is 78.4 Å². The zero-order chi connectivity index (χ0) is 18.3. The molecule has 0 saturated heterocycles. The summed E-state index contributed by atoms with van der Waals surface area (Å²) in [4.78, 5) is 24.8. The molecule has 0 aliphatic heterocycles. The third-order valence-corrected chi connectivity index (χ3v) is 3.88. The van der Waals surface area contributed by atoms with E-state index in [2.05, 4.69) is 10.6 Å². The Labute approximate surface area is 144 Å². The lowest BCUT2D eigenvalue weighted by molar-refractivity contribution is -0.124. The second kappa shape index (κ2) is 9.42. The maximum absolute atomic E-state index is 12.4. The van der Waals surface area contributed by atoms with Gasteiger partial charge in [0.25, 0.3) is 5.91 Å². The molecule has 24 heavy (non-hydrogen) atoms. The van der Waals surface area contributed by atoms with Gasteiger partial charge in [-0.3, -0.25) is 9.59 Å². The summed E-state index contributed by atoms with van der Waals surface area (Å²) in [5.41, 5.74) is 1.55. The molecule has 0 aliphatic carbocycles. The number of aliphatic hydroxyl groups excluding tert-OH is 1. The van der Waals surface area contributed by atoms with E-state index in [9.17, 15) is 14.7 Å². The number of hydrogen-bond donors (Lipinski definition) is 3. The molecule has 1 rings (SSSR count). The molecule has 3 unspecified atom stereocenters. The lowest BCUT2D eigenvalue weighted by atomic mass is 10.0. The van der Waals surface area contributed by atoms with Gasteiger partial charge in [-0.1, -0.05) is 38.5 Å². The molecule has 0 heterocycles. The van der Waals surface area contributed by atoms with Gasteiger partial charge in [0.05, 0.1) is 6.10 Å². The number of nitrogens with one attached hydrogen (secondary N) is 2. The predicted molar refractivity (Wildman–Crippen MR) is 95.7 cm³/mol. The Bertz CT molecular complexity index is 555. The van der Waals surface area contributed by atoms with Crippen molar-refractivity contribution in [1.82, 2.24) is 10.6 Å². The van der Waals surface area contributed by atoms with E-state index in [0.717, 1.165) is 5.56 Å². The molecule has 5 heteroatoms. The highest BCUT2D eigenvalue weighted by molar-refractivity contribution is 5.97. The average Bonchev–Trinajstić information content (AvgIpc) is 2.49. The molecular weight excluding hydrogens is 304 g/mol. The molecule has 0 bridgehead atoms. The van der Waals surface area contributed by atoms with Crippen molar-refractivity contribution in [1.29, 1.82) is 0 Å². The van der Waals surface area contributed by atoms with Crippen molar-refractivity contribution in [3.8, 4) is 0 Å². The van der Waals surface area contributed by atoms with Crippen LogP contribution in [0.2, 0.25) is 0 Å². The second-order valence-corrected chi connectivity index (χ2v) is 7.00. The highest BCUT2D eigenvalue weighted by Crippen LogP contribution is 2.08. The number of rotatable bonds is 8. The number of amides is 2. The molecule has 0 fully saturated rings. The van der Waals surface area contributed by atoms with Gasteiger partial charge in [0.15, 0.2) is 0 Å². The summed E-state index contributed by atoms with van der Waals surface area (Å²) in [5.74, 6) is -0.284. The van der Waals surface area contributed by atoms with E-state index in [-0.39, 0.29) is 29.8 Å². The molecule has 0 aliphatic rings. The summed E-state index contributed by atoms with van der Waals surface area (Å²) in [7, 11) is 0. The van der Waals surface area contributed by atoms with E-state index in [1.807, 2.05) is 39.8 Å². The van der Waals surface area contributed by atoms with Crippen LogP contribution in [0, 0.1) is 18.8 Å². The van der Waals surface area contributed by atoms with Gasteiger partial charge in [0.2, 0.25) is 5.91 Å². The maximum atomic E-state index is 12.4. The number of hydrogen-bond acceptors (Lipinski definition) is 3. The number of benzene rings is 1. The second-order valence-electron chi connectivity index (χ2n) is 7.00. The molecule has 1 aromatic rings. The molecule has 0 spiro atoms. The molecule has 3 atom stereocenters. The standard InChI is InChI=1S/C19H30N2O3/c1-12(2)17(19(24)20-11-14(4)9-15(5)22)21-18(23)16-8-6-7-13(3)10-16/h6-8,10,12,14-15,17,22H,9,11H2,1-5H3,(H,20,24)(H,21,23). The average molecular weight is 334 g/mol. The first-order valence-electron chi connectivity index (χ1n) is 8.54. The number of aryl methyl sites for hydroxylation is 1. The minimum absolute atomic E-state index is 0.0224. The van der Waals surface area contributed by atoms with Crippen molar-refractivity contribution in [2.75, 3.05) is 6.54 Å². The Kier molecular flexibility index (Phi) is 7.92. The summed E-state index contributed by atoms with van der Waals surface area (Å²) in [6.45, 7) is 9.92. The minimum Gasteiger partial charge on any atom is -0.393 e. The molecule has 3 N–H and O–H groups in total. The normalized spacial score (nSPS) is 14.8. The van der Waals surface area contributed by atoms with Crippen LogP contribution < -0.4 is 10.6 Å². The third-order valence-electron chi connectivity index (χ3n) is 3.88. The Morgan fingerprint density at radius 1 is 1.17 bits per heavy atom. The number of aliphatic hydroxyl groups is 1. The van der Waals surface area contributed by atoms with Crippen molar-refractivity contribution in [3.05, 3.63) is 35.4 Å². The zero-order valence-electron chi connectivity index (χ0n) is 15.3. The predicted octanol–water partition coefficient (Wildman–Crippen LogP) is 2.27. The van der Waals surface area contributed by atoms with Gasteiger partial charge in [0.1, 0.15) is 6.04 Å². The van der Waals surface area contributed by atoms with Gasteiger partial charge >= 0.3 is 0 Å². The zero-order valence-corrected chi connectivity index (χ0v) is 15.3. The van der Waals surface area contributed by atoms with Crippen LogP contribution in [-0.4, -0.2) is 35.6 Å². The van der Waals surface area contributed by atoms with Gasteiger partial charge in [-0.2, -0.15) is 0 Å². The SMILES string of the molecule is Cc1cccc(C(=O)NC(C(=O)NCC(C)CC(C)O)C(C)C)c1. The summed E-state index contributed by atoms with van der Waals surface area (Å²) in [5, 5.41) is 15.1. The van der Waals surface area contributed by atoms with Gasteiger partial charge in [-0.15, -0.1) is 0 Å². The van der Waals surface area contributed by atoms with E-state index in [1.165, 1.54) is 0 Å². The lowest BCUT2D eigenvalue weighted by Crippen LogP contribution is -2.50. The van der Waals surface area contributed by atoms with Crippen LogP contribution >= 0.6 is 0 Å². The summed E-state index contributed by atoms with van der Waals surface area (Å²) in [6, 6.07) is 6.70. The van der Waals surface area contributed by atoms with Crippen LogP contribution in [0.15, 0.2) is 24.3 Å². The Balaban J connectivity index is 2.66. The van der Waals surface area contributed by atoms with Crippen molar-refractivity contribution in [3.63, 3.8) is 0 Å². The molecular formula is C19H30N2O3.